The molecule has 0 aliphatic carbocycles. The molecular formula is C13H20FNS. The SMILES string of the molecule is CCCNCc1cc(F)cc(SC(C)C)c1. The Morgan fingerprint density at radius 2 is 2.06 bits per heavy atom. The van der Waals surface area contributed by atoms with E-state index in [1.165, 1.54) is 0 Å². The van der Waals surface area contributed by atoms with Crippen LogP contribution in [-0.2, 0) is 6.54 Å². The number of halogens is 1. The maximum Gasteiger partial charge on any atom is 0.124 e. The van der Waals surface area contributed by atoms with E-state index in [1.54, 1.807) is 23.9 Å². The van der Waals surface area contributed by atoms with Crippen LogP contribution >= 0.6 is 11.8 Å². The third-order valence-electron chi connectivity index (χ3n) is 2.06. The van der Waals surface area contributed by atoms with Crippen molar-refractivity contribution in [3.63, 3.8) is 0 Å². The molecule has 1 rings (SSSR count). The van der Waals surface area contributed by atoms with E-state index >= 15 is 0 Å². The molecule has 1 nitrogen and oxygen atoms in total. The first-order chi connectivity index (χ1) is 7.61. The molecular weight excluding hydrogens is 221 g/mol. The van der Waals surface area contributed by atoms with Crippen LogP contribution < -0.4 is 5.32 Å². The van der Waals surface area contributed by atoms with Gasteiger partial charge < -0.3 is 5.32 Å². The number of nitrogens with one attached hydrogen (secondary N) is 1. The number of hydrogen-bond acceptors (Lipinski definition) is 2. The standard InChI is InChI=1S/C13H20FNS/c1-4-5-15-9-11-6-12(14)8-13(7-11)16-10(2)3/h6-8,10,15H,4-5,9H2,1-3H3. The molecule has 1 N–H and O–H groups in total. The molecule has 0 saturated carbocycles. The van der Waals surface area contributed by atoms with E-state index in [4.69, 9.17) is 0 Å². The molecule has 0 amide bonds. The molecule has 0 fully saturated rings. The first-order valence-electron chi connectivity index (χ1n) is 5.78. The molecule has 0 atom stereocenters. The van der Waals surface area contributed by atoms with Crippen molar-refractivity contribution in [2.24, 2.45) is 0 Å². The predicted molar refractivity (Wildman–Crippen MR) is 69.4 cm³/mol. The molecule has 16 heavy (non-hydrogen) atoms. The molecule has 0 unspecified atom stereocenters. The van der Waals surface area contributed by atoms with Gasteiger partial charge in [0.2, 0.25) is 0 Å². The summed E-state index contributed by atoms with van der Waals surface area (Å²) in [5, 5.41) is 3.77. The Kier molecular flexibility index (Phi) is 5.85. The van der Waals surface area contributed by atoms with Crippen LogP contribution in [0.3, 0.4) is 0 Å². The molecule has 0 bridgehead atoms. The average Bonchev–Trinajstić information content (AvgIpc) is 2.16. The Bertz CT molecular complexity index is 326. The molecule has 0 aliphatic heterocycles. The van der Waals surface area contributed by atoms with Gasteiger partial charge in [-0.05, 0) is 36.7 Å². The molecule has 0 heterocycles. The van der Waals surface area contributed by atoms with Crippen molar-refractivity contribution in [3.8, 4) is 0 Å². The van der Waals surface area contributed by atoms with Crippen LogP contribution in [0, 0.1) is 5.82 Å². The van der Waals surface area contributed by atoms with Crippen LogP contribution in [0.1, 0.15) is 32.8 Å². The molecule has 90 valence electrons. The van der Waals surface area contributed by atoms with Gasteiger partial charge in [0.05, 0.1) is 0 Å². The molecule has 0 aromatic heterocycles. The quantitative estimate of drug-likeness (QED) is 0.600. The monoisotopic (exact) mass is 241 g/mol. The van der Waals surface area contributed by atoms with E-state index in [0.717, 1.165) is 30.0 Å². The third kappa shape index (κ3) is 4.99. The van der Waals surface area contributed by atoms with Crippen LogP contribution in [0.15, 0.2) is 23.1 Å². The summed E-state index contributed by atoms with van der Waals surface area (Å²) in [4.78, 5) is 1.02. The van der Waals surface area contributed by atoms with Gasteiger partial charge in [-0.15, -0.1) is 11.8 Å². The highest BCUT2D eigenvalue weighted by Crippen LogP contribution is 2.24. The largest absolute Gasteiger partial charge is 0.313 e. The third-order valence-corrected chi connectivity index (χ3v) is 3.04. The van der Waals surface area contributed by atoms with Crippen LogP contribution in [0.4, 0.5) is 4.39 Å². The number of hydrogen-bond donors (Lipinski definition) is 1. The molecule has 0 saturated heterocycles. The van der Waals surface area contributed by atoms with Gasteiger partial charge >= 0.3 is 0 Å². The first kappa shape index (κ1) is 13.5. The minimum Gasteiger partial charge on any atom is -0.313 e. The van der Waals surface area contributed by atoms with Gasteiger partial charge in [0.25, 0.3) is 0 Å². The van der Waals surface area contributed by atoms with Crippen molar-refractivity contribution in [2.45, 2.75) is 43.9 Å². The van der Waals surface area contributed by atoms with E-state index < -0.39 is 0 Å². The Labute approximate surface area is 102 Å². The van der Waals surface area contributed by atoms with E-state index in [-0.39, 0.29) is 5.82 Å². The summed E-state index contributed by atoms with van der Waals surface area (Å²) >= 11 is 1.70. The zero-order valence-electron chi connectivity index (χ0n) is 10.2. The Morgan fingerprint density at radius 3 is 2.69 bits per heavy atom. The Balaban J connectivity index is 2.65. The van der Waals surface area contributed by atoms with Crippen molar-refractivity contribution in [1.82, 2.24) is 5.32 Å². The summed E-state index contributed by atoms with van der Waals surface area (Å²) in [6.07, 6.45) is 1.10. The summed E-state index contributed by atoms with van der Waals surface area (Å²) in [6.45, 7) is 8.08. The van der Waals surface area contributed by atoms with E-state index in [1.807, 2.05) is 0 Å². The summed E-state index contributed by atoms with van der Waals surface area (Å²) in [5.41, 5.74) is 1.02. The number of thioether (sulfide) groups is 1. The van der Waals surface area contributed by atoms with Gasteiger partial charge in [-0.25, -0.2) is 4.39 Å². The lowest BCUT2D eigenvalue weighted by molar-refractivity contribution is 0.615. The minimum absolute atomic E-state index is 0.140. The highest BCUT2D eigenvalue weighted by molar-refractivity contribution is 7.99. The lowest BCUT2D eigenvalue weighted by atomic mass is 10.2. The number of rotatable bonds is 6. The normalized spacial score (nSPS) is 11.1. The zero-order valence-corrected chi connectivity index (χ0v) is 11.0. The highest BCUT2D eigenvalue weighted by Gasteiger charge is 2.03. The summed E-state index contributed by atoms with van der Waals surface area (Å²) < 4.78 is 13.3. The van der Waals surface area contributed by atoms with Gasteiger partial charge in [0, 0.05) is 16.7 Å². The van der Waals surface area contributed by atoms with E-state index in [2.05, 4.69) is 32.2 Å². The van der Waals surface area contributed by atoms with Gasteiger partial charge in [-0.1, -0.05) is 20.8 Å². The molecule has 0 radical (unpaired) electrons. The average molecular weight is 241 g/mol. The lowest BCUT2D eigenvalue weighted by Gasteiger charge is -2.08. The zero-order chi connectivity index (χ0) is 12.0. The fourth-order valence-electron chi connectivity index (χ4n) is 1.47. The van der Waals surface area contributed by atoms with Crippen molar-refractivity contribution in [1.29, 1.82) is 0 Å². The van der Waals surface area contributed by atoms with Gasteiger partial charge in [0.1, 0.15) is 5.82 Å². The number of benzene rings is 1. The van der Waals surface area contributed by atoms with Gasteiger partial charge in [0.15, 0.2) is 0 Å². The van der Waals surface area contributed by atoms with Crippen molar-refractivity contribution in [2.75, 3.05) is 6.54 Å². The second-order valence-corrected chi connectivity index (χ2v) is 5.79. The van der Waals surface area contributed by atoms with Crippen LogP contribution in [0.25, 0.3) is 0 Å². The maximum absolute atomic E-state index is 13.3. The molecule has 3 heteroatoms. The second kappa shape index (κ2) is 6.92. The van der Waals surface area contributed by atoms with Crippen LogP contribution in [0.2, 0.25) is 0 Å². The molecule has 0 spiro atoms. The fourth-order valence-corrected chi connectivity index (χ4v) is 2.42. The van der Waals surface area contributed by atoms with E-state index in [9.17, 15) is 4.39 Å². The smallest absolute Gasteiger partial charge is 0.124 e. The summed E-state index contributed by atoms with van der Waals surface area (Å²) in [6, 6.07) is 5.28. The van der Waals surface area contributed by atoms with Crippen molar-refractivity contribution < 1.29 is 4.39 Å². The van der Waals surface area contributed by atoms with Crippen molar-refractivity contribution in [3.05, 3.63) is 29.6 Å². The second-order valence-electron chi connectivity index (χ2n) is 4.14. The molecule has 1 aromatic rings. The summed E-state index contributed by atoms with van der Waals surface area (Å²) in [7, 11) is 0. The van der Waals surface area contributed by atoms with Gasteiger partial charge in [-0.3, -0.25) is 0 Å². The molecule has 1 aromatic carbocycles. The Morgan fingerprint density at radius 1 is 1.31 bits per heavy atom. The fraction of sp³-hybridized carbons (Fsp3) is 0.538. The van der Waals surface area contributed by atoms with Crippen molar-refractivity contribution >= 4 is 11.8 Å². The van der Waals surface area contributed by atoms with E-state index in [0.29, 0.717) is 5.25 Å². The summed E-state index contributed by atoms with van der Waals surface area (Å²) in [5.74, 6) is -0.140. The molecule has 0 aliphatic rings. The maximum atomic E-state index is 13.3. The van der Waals surface area contributed by atoms with Crippen LogP contribution in [0.5, 0.6) is 0 Å². The topological polar surface area (TPSA) is 12.0 Å². The van der Waals surface area contributed by atoms with Crippen LogP contribution in [-0.4, -0.2) is 11.8 Å². The highest BCUT2D eigenvalue weighted by atomic mass is 32.2. The first-order valence-corrected chi connectivity index (χ1v) is 6.66. The van der Waals surface area contributed by atoms with Gasteiger partial charge in [-0.2, -0.15) is 0 Å². The minimum atomic E-state index is -0.140. The Hall–Kier alpha value is -0.540. The lowest BCUT2D eigenvalue weighted by Crippen LogP contribution is -2.13. The predicted octanol–water partition coefficient (Wildman–Crippen LogP) is 3.83.